The Kier molecular flexibility index (Phi) is 2.64. The van der Waals surface area contributed by atoms with Crippen LogP contribution in [0.2, 0.25) is 0 Å². The van der Waals surface area contributed by atoms with Crippen molar-refractivity contribution in [1.82, 2.24) is 0 Å². The number of carboxylic acid groups (broad SMARTS) is 1. The van der Waals surface area contributed by atoms with Crippen molar-refractivity contribution in [1.29, 1.82) is 0 Å². The molecule has 0 aromatic heterocycles. The molecule has 0 aliphatic rings. The minimum absolute atomic E-state index is 0.205. The fourth-order valence-electron chi connectivity index (χ4n) is 1.65. The van der Waals surface area contributed by atoms with Gasteiger partial charge in [-0.25, -0.2) is 4.79 Å². The van der Waals surface area contributed by atoms with Gasteiger partial charge in [0.15, 0.2) is 0 Å². The zero-order chi connectivity index (χ0) is 11.7. The van der Waals surface area contributed by atoms with E-state index in [0.29, 0.717) is 16.2 Å². The second-order valence-corrected chi connectivity index (χ2v) is 3.46. The smallest absolute Gasteiger partial charge is 0.478 e. The zero-order valence-electron chi connectivity index (χ0n) is 8.29. The molecule has 16 heavy (non-hydrogen) atoms. The van der Waals surface area contributed by atoms with Crippen LogP contribution in [0.3, 0.4) is 0 Å². The van der Waals surface area contributed by atoms with Crippen LogP contribution in [-0.2, 0) is 0 Å². The van der Waals surface area contributed by atoms with Crippen LogP contribution >= 0.6 is 0 Å². The third-order valence-corrected chi connectivity index (χ3v) is 2.43. The van der Waals surface area contributed by atoms with Crippen LogP contribution in [0.15, 0.2) is 36.4 Å². The Balaban J connectivity index is 2.69. The van der Waals surface area contributed by atoms with E-state index in [2.05, 4.69) is 0 Å². The molecule has 0 aliphatic heterocycles. The lowest BCUT2D eigenvalue weighted by atomic mass is 9.79. The average molecular weight is 216 g/mol. The summed E-state index contributed by atoms with van der Waals surface area (Å²) in [5.74, 6) is -0.997. The van der Waals surface area contributed by atoms with Crippen LogP contribution < -0.4 is 5.46 Å². The first kappa shape index (κ1) is 10.7. The molecule has 0 fully saturated rings. The number of fused-ring (bicyclic) bond motifs is 1. The number of hydrogen-bond donors (Lipinski definition) is 3. The summed E-state index contributed by atoms with van der Waals surface area (Å²) in [7, 11) is -1.54. The fraction of sp³-hybridized carbons (Fsp3) is 0. The molecular weight excluding hydrogens is 207 g/mol. The second kappa shape index (κ2) is 3.96. The minimum Gasteiger partial charge on any atom is -0.478 e. The van der Waals surface area contributed by atoms with Crippen molar-refractivity contribution in [2.24, 2.45) is 0 Å². The summed E-state index contributed by atoms with van der Waals surface area (Å²) in [5, 5.41) is 28.2. The quantitative estimate of drug-likeness (QED) is 0.627. The predicted octanol–water partition coefficient (Wildman–Crippen LogP) is 0.218. The van der Waals surface area contributed by atoms with Crippen molar-refractivity contribution >= 4 is 29.3 Å². The number of aromatic carboxylic acids is 1. The van der Waals surface area contributed by atoms with Crippen LogP contribution in [0.1, 0.15) is 10.4 Å². The third-order valence-electron chi connectivity index (χ3n) is 2.43. The van der Waals surface area contributed by atoms with Gasteiger partial charge >= 0.3 is 13.1 Å². The molecule has 0 radical (unpaired) electrons. The molecule has 0 spiro atoms. The molecule has 5 heteroatoms. The van der Waals surface area contributed by atoms with E-state index in [1.54, 1.807) is 24.3 Å². The van der Waals surface area contributed by atoms with Gasteiger partial charge in [-0.3, -0.25) is 0 Å². The standard InChI is InChI=1S/C11H9BO4/c13-11(14)10-3-1-2-7-6-8(12(15)16)4-5-9(7)10/h1-6,15-16H,(H,13,14). The monoisotopic (exact) mass is 216 g/mol. The first-order valence-electron chi connectivity index (χ1n) is 4.71. The highest BCUT2D eigenvalue weighted by atomic mass is 16.4. The van der Waals surface area contributed by atoms with E-state index in [0.717, 1.165) is 0 Å². The Bertz CT molecular complexity index is 551. The Morgan fingerprint density at radius 2 is 1.88 bits per heavy atom. The van der Waals surface area contributed by atoms with Crippen molar-refractivity contribution < 1.29 is 19.9 Å². The van der Waals surface area contributed by atoms with Crippen molar-refractivity contribution in [3.63, 3.8) is 0 Å². The van der Waals surface area contributed by atoms with Gasteiger partial charge in [-0.05, 0) is 22.3 Å². The minimum atomic E-state index is -1.54. The van der Waals surface area contributed by atoms with E-state index >= 15 is 0 Å². The van der Waals surface area contributed by atoms with Crippen LogP contribution in [0.25, 0.3) is 10.8 Å². The van der Waals surface area contributed by atoms with Gasteiger partial charge in [0, 0.05) is 0 Å². The van der Waals surface area contributed by atoms with Gasteiger partial charge in [0.1, 0.15) is 0 Å². The van der Waals surface area contributed by atoms with Crippen molar-refractivity contribution in [2.75, 3.05) is 0 Å². The van der Waals surface area contributed by atoms with Gasteiger partial charge in [-0.1, -0.05) is 30.3 Å². The number of hydrogen-bond acceptors (Lipinski definition) is 3. The third kappa shape index (κ3) is 1.78. The van der Waals surface area contributed by atoms with Gasteiger partial charge in [0.05, 0.1) is 5.56 Å². The predicted molar refractivity (Wildman–Crippen MR) is 60.7 cm³/mol. The number of carboxylic acids is 1. The van der Waals surface area contributed by atoms with Gasteiger partial charge in [-0.15, -0.1) is 0 Å². The molecule has 3 N–H and O–H groups in total. The number of carbonyl (C=O) groups is 1. The number of rotatable bonds is 2. The van der Waals surface area contributed by atoms with E-state index in [4.69, 9.17) is 15.2 Å². The molecule has 0 unspecified atom stereocenters. The highest BCUT2D eigenvalue weighted by molar-refractivity contribution is 6.58. The van der Waals surface area contributed by atoms with Gasteiger partial charge < -0.3 is 15.2 Å². The molecule has 0 atom stereocenters. The van der Waals surface area contributed by atoms with Gasteiger partial charge in [0.2, 0.25) is 0 Å². The lowest BCUT2D eigenvalue weighted by molar-refractivity contribution is 0.0699. The Labute approximate surface area is 91.9 Å². The molecule has 2 aromatic rings. The molecule has 2 rings (SSSR count). The average Bonchev–Trinajstić information content (AvgIpc) is 2.27. The van der Waals surface area contributed by atoms with E-state index in [1.807, 2.05) is 0 Å². The highest BCUT2D eigenvalue weighted by Crippen LogP contribution is 2.17. The van der Waals surface area contributed by atoms with Crippen LogP contribution in [0, 0.1) is 0 Å². The summed E-state index contributed by atoms with van der Waals surface area (Å²) in [6.07, 6.45) is 0. The maximum atomic E-state index is 10.9. The van der Waals surface area contributed by atoms with Crippen molar-refractivity contribution in [3.05, 3.63) is 42.0 Å². The van der Waals surface area contributed by atoms with Gasteiger partial charge in [0.25, 0.3) is 0 Å². The molecule has 0 saturated heterocycles. The lowest BCUT2D eigenvalue weighted by Crippen LogP contribution is -2.29. The normalized spacial score (nSPS) is 10.4. The molecule has 4 nitrogen and oxygen atoms in total. The molecule has 2 aromatic carbocycles. The maximum Gasteiger partial charge on any atom is 0.488 e. The zero-order valence-corrected chi connectivity index (χ0v) is 8.29. The molecule has 0 heterocycles. The summed E-state index contributed by atoms with van der Waals surface area (Å²) in [6.45, 7) is 0. The topological polar surface area (TPSA) is 77.8 Å². The lowest BCUT2D eigenvalue weighted by Gasteiger charge is -2.05. The first-order chi connectivity index (χ1) is 7.59. The van der Waals surface area contributed by atoms with Crippen LogP contribution in [-0.4, -0.2) is 28.2 Å². The Hall–Kier alpha value is -1.85. The van der Waals surface area contributed by atoms with Crippen LogP contribution in [0.4, 0.5) is 0 Å². The molecule has 80 valence electrons. The summed E-state index contributed by atoms with van der Waals surface area (Å²) in [5.41, 5.74) is 0.548. The van der Waals surface area contributed by atoms with E-state index in [-0.39, 0.29) is 5.56 Å². The Morgan fingerprint density at radius 1 is 1.12 bits per heavy atom. The van der Waals surface area contributed by atoms with E-state index in [1.165, 1.54) is 12.1 Å². The highest BCUT2D eigenvalue weighted by Gasteiger charge is 2.13. The van der Waals surface area contributed by atoms with Gasteiger partial charge in [-0.2, -0.15) is 0 Å². The molecule has 0 saturated carbocycles. The summed E-state index contributed by atoms with van der Waals surface area (Å²) in [4.78, 5) is 10.9. The molecular formula is C11H9BO4. The van der Waals surface area contributed by atoms with Crippen LogP contribution in [0.5, 0.6) is 0 Å². The molecule has 0 aliphatic carbocycles. The van der Waals surface area contributed by atoms with E-state index in [9.17, 15) is 4.79 Å². The first-order valence-corrected chi connectivity index (χ1v) is 4.71. The van der Waals surface area contributed by atoms with E-state index < -0.39 is 13.1 Å². The van der Waals surface area contributed by atoms with Crippen molar-refractivity contribution in [3.8, 4) is 0 Å². The summed E-state index contributed by atoms with van der Waals surface area (Å²) in [6, 6.07) is 9.51. The van der Waals surface area contributed by atoms with Crippen molar-refractivity contribution in [2.45, 2.75) is 0 Å². The molecule has 0 amide bonds. The second-order valence-electron chi connectivity index (χ2n) is 3.46. The SMILES string of the molecule is O=C(O)c1cccc2cc(B(O)O)ccc12. The number of benzene rings is 2. The Morgan fingerprint density at radius 3 is 2.50 bits per heavy atom. The maximum absolute atomic E-state index is 10.9. The summed E-state index contributed by atoms with van der Waals surface area (Å²) < 4.78 is 0. The summed E-state index contributed by atoms with van der Waals surface area (Å²) >= 11 is 0. The largest absolute Gasteiger partial charge is 0.488 e. The molecule has 0 bridgehead atoms. The fourth-order valence-corrected chi connectivity index (χ4v) is 1.65.